The summed E-state index contributed by atoms with van der Waals surface area (Å²) < 4.78 is 5.27. The van der Waals surface area contributed by atoms with Crippen LogP contribution in [0.4, 0.5) is 0 Å². The highest BCUT2D eigenvalue weighted by atomic mass is 16.5. The van der Waals surface area contributed by atoms with Crippen LogP contribution in [0.1, 0.15) is 19.4 Å². The molecule has 0 unspecified atom stereocenters. The van der Waals surface area contributed by atoms with Gasteiger partial charge in [0.05, 0.1) is 18.2 Å². The molecule has 0 aliphatic heterocycles. The van der Waals surface area contributed by atoms with E-state index in [0.29, 0.717) is 11.0 Å². The molecule has 1 aromatic carbocycles. The largest absolute Gasteiger partial charge is 0.491 e. The van der Waals surface area contributed by atoms with E-state index in [1.165, 1.54) is 0 Å². The fourth-order valence-corrected chi connectivity index (χ4v) is 1.21. The number of nitriles is 1. The number of aliphatic hydroxyl groups excluding tert-OH is 1. The lowest BCUT2D eigenvalue weighted by Crippen LogP contribution is -2.37. The van der Waals surface area contributed by atoms with Crippen LogP contribution < -0.4 is 5.46 Å². The van der Waals surface area contributed by atoms with Gasteiger partial charge in [0.1, 0.15) is 0 Å². The summed E-state index contributed by atoms with van der Waals surface area (Å²) in [4.78, 5) is 0. The Morgan fingerprint density at radius 3 is 2.76 bits per heavy atom. The molecular weight excluding hydrogens is 217 g/mol. The highest BCUT2D eigenvalue weighted by Crippen LogP contribution is 2.13. The van der Waals surface area contributed by atoms with Crippen LogP contribution in [0, 0.1) is 16.7 Å². The molecule has 1 rings (SSSR count). The minimum atomic E-state index is -1.07. The van der Waals surface area contributed by atoms with Crippen LogP contribution in [0.3, 0.4) is 0 Å². The first-order valence-corrected chi connectivity index (χ1v) is 5.39. The Morgan fingerprint density at radius 2 is 2.18 bits per heavy atom. The van der Waals surface area contributed by atoms with Crippen LogP contribution in [0.25, 0.3) is 0 Å². The molecule has 90 valence electrons. The maximum Gasteiger partial charge on any atom is 0.491 e. The summed E-state index contributed by atoms with van der Waals surface area (Å²) in [7, 11) is -1.07. The standard InChI is InChI=1S/C12H16BNO3/c1-12(2,8-15)9-17-13(16)11-5-3-4-10(6-11)7-14/h3-6,15-16H,8-9H2,1-2H3. The topological polar surface area (TPSA) is 73.5 Å². The van der Waals surface area contributed by atoms with Gasteiger partial charge in [0.15, 0.2) is 0 Å². The van der Waals surface area contributed by atoms with Gasteiger partial charge in [0.2, 0.25) is 0 Å². The zero-order valence-corrected chi connectivity index (χ0v) is 10.1. The van der Waals surface area contributed by atoms with E-state index in [-0.39, 0.29) is 13.2 Å². The molecule has 0 aliphatic rings. The van der Waals surface area contributed by atoms with Gasteiger partial charge >= 0.3 is 7.12 Å². The van der Waals surface area contributed by atoms with Gasteiger partial charge in [0.25, 0.3) is 0 Å². The molecule has 0 heterocycles. The second-order valence-electron chi connectivity index (χ2n) is 4.72. The Hall–Kier alpha value is -1.35. The van der Waals surface area contributed by atoms with Gasteiger partial charge in [0, 0.05) is 12.0 Å². The van der Waals surface area contributed by atoms with Crippen molar-refractivity contribution in [3.8, 4) is 6.07 Å². The van der Waals surface area contributed by atoms with Crippen LogP contribution >= 0.6 is 0 Å². The van der Waals surface area contributed by atoms with Gasteiger partial charge in [-0.15, -0.1) is 0 Å². The van der Waals surface area contributed by atoms with Gasteiger partial charge in [-0.05, 0) is 17.6 Å². The molecule has 5 heteroatoms. The molecule has 0 atom stereocenters. The van der Waals surface area contributed by atoms with E-state index in [2.05, 4.69) is 0 Å². The van der Waals surface area contributed by atoms with Crippen molar-refractivity contribution >= 4 is 12.6 Å². The molecule has 1 aromatic rings. The van der Waals surface area contributed by atoms with Crippen molar-refractivity contribution in [2.45, 2.75) is 13.8 Å². The maximum absolute atomic E-state index is 9.79. The number of benzene rings is 1. The van der Waals surface area contributed by atoms with Crippen molar-refractivity contribution in [3.63, 3.8) is 0 Å². The Balaban J connectivity index is 2.64. The Bertz CT molecular complexity index is 414. The normalized spacial score (nSPS) is 11.0. The lowest BCUT2D eigenvalue weighted by Gasteiger charge is -2.22. The predicted octanol–water partition coefficient (Wildman–Crippen LogP) is 0.281. The highest BCUT2D eigenvalue weighted by Gasteiger charge is 2.23. The zero-order chi connectivity index (χ0) is 12.9. The summed E-state index contributed by atoms with van der Waals surface area (Å²) in [5.41, 5.74) is 0.623. The molecule has 2 N–H and O–H groups in total. The number of hydrogen-bond acceptors (Lipinski definition) is 4. The smallest absolute Gasteiger partial charge is 0.423 e. The molecule has 0 amide bonds. The average molecular weight is 233 g/mol. The van der Waals surface area contributed by atoms with Crippen LogP contribution in [0.15, 0.2) is 24.3 Å². The fraction of sp³-hybridized carbons (Fsp3) is 0.417. The SMILES string of the molecule is CC(C)(CO)COB(O)c1cccc(C#N)c1. The van der Waals surface area contributed by atoms with Crippen molar-refractivity contribution in [1.29, 1.82) is 5.26 Å². The van der Waals surface area contributed by atoms with Crippen molar-refractivity contribution in [1.82, 2.24) is 0 Å². The second kappa shape index (κ2) is 5.83. The first-order valence-electron chi connectivity index (χ1n) is 5.39. The monoisotopic (exact) mass is 233 g/mol. The van der Waals surface area contributed by atoms with Crippen molar-refractivity contribution in [2.24, 2.45) is 5.41 Å². The molecule has 0 saturated carbocycles. The summed E-state index contributed by atoms with van der Waals surface area (Å²) in [5, 5.41) is 27.6. The van der Waals surface area contributed by atoms with Crippen molar-refractivity contribution in [3.05, 3.63) is 29.8 Å². The molecule has 0 saturated heterocycles. The summed E-state index contributed by atoms with van der Waals surface area (Å²) >= 11 is 0. The van der Waals surface area contributed by atoms with E-state index in [4.69, 9.17) is 15.0 Å². The quantitative estimate of drug-likeness (QED) is 0.716. The molecule has 0 spiro atoms. The van der Waals surface area contributed by atoms with E-state index in [1.807, 2.05) is 19.9 Å². The van der Waals surface area contributed by atoms with Crippen LogP contribution in [-0.2, 0) is 4.65 Å². The number of rotatable bonds is 5. The molecule has 0 fully saturated rings. The molecule has 0 radical (unpaired) electrons. The predicted molar refractivity (Wildman–Crippen MR) is 65.6 cm³/mol. The number of aliphatic hydroxyl groups is 1. The van der Waals surface area contributed by atoms with Crippen LogP contribution in [0.5, 0.6) is 0 Å². The first-order chi connectivity index (χ1) is 7.98. The third-order valence-corrected chi connectivity index (χ3v) is 2.36. The van der Waals surface area contributed by atoms with Gasteiger partial charge < -0.3 is 14.8 Å². The lowest BCUT2D eigenvalue weighted by molar-refractivity contribution is 0.0886. The maximum atomic E-state index is 9.79. The molecule has 0 bridgehead atoms. The third-order valence-electron chi connectivity index (χ3n) is 2.36. The van der Waals surface area contributed by atoms with Gasteiger partial charge in [-0.3, -0.25) is 0 Å². The molecule has 4 nitrogen and oxygen atoms in total. The van der Waals surface area contributed by atoms with E-state index in [0.717, 1.165) is 0 Å². The first kappa shape index (κ1) is 13.7. The minimum Gasteiger partial charge on any atom is -0.423 e. The van der Waals surface area contributed by atoms with E-state index in [1.54, 1.807) is 24.3 Å². The van der Waals surface area contributed by atoms with Crippen LogP contribution in [-0.4, -0.2) is 30.5 Å². The Labute approximate surface area is 102 Å². The van der Waals surface area contributed by atoms with Gasteiger partial charge in [-0.2, -0.15) is 5.26 Å². The molecule has 0 aromatic heterocycles. The summed E-state index contributed by atoms with van der Waals surface area (Å²) in [6, 6.07) is 8.62. The highest BCUT2D eigenvalue weighted by molar-refractivity contribution is 6.60. The Kier molecular flexibility index (Phi) is 4.70. The average Bonchev–Trinajstić information content (AvgIpc) is 2.36. The molecule has 0 aliphatic carbocycles. The van der Waals surface area contributed by atoms with Crippen molar-refractivity contribution < 1.29 is 14.8 Å². The van der Waals surface area contributed by atoms with E-state index < -0.39 is 12.5 Å². The van der Waals surface area contributed by atoms with E-state index >= 15 is 0 Å². The lowest BCUT2D eigenvalue weighted by atomic mass is 9.78. The zero-order valence-electron chi connectivity index (χ0n) is 10.1. The van der Waals surface area contributed by atoms with Crippen molar-refractivity contribution in [2.75, 3.05) is 13.2 Å². The Morgan fingerprint density at radius 1 is 1.47 bits per heavy atom. The minimum absolute atomic E-state index is 0.0159. The summed E-state index contributed by atoms with van der Waals surface area (Å²) in [6.07, 6.45) is 0. The number of hydrogen-bond donors (Lipinski definition) is 2. The molecular formula is C12H16BNO3. The third kappa shape index (κ3) is 4.19. The number of nitrogens with zero attached hydrogens (tertiary/aromatic N) is 1. The van der Waals surface area contributed by atoms with Crippen LogP contribution in [0.2, 0.25) is 0 Å². The second-order valence-corrected chi connectivity index (χ2v) is 4.72. The summed E-state index contributed by atoms with van der Waals surface area (Å²) in [5.74, 6) is 0. The fourth-order valence-electron chi connectivity index (χ4n) is 1.21. The summed E-state index contributed by atoms with van der Waals surface area (Å²) in [6.45, 7) is 3.90. The van der Waals surface area contributed by atoms with Gasteiger partial charge in [-0.1, -0.05) is 26.0 Å². The molecule has 17 heavy (non-hydrogen) atoms. The van der Waals surface area contributed by atoms with Gasteiger partial charge in [-0.25, -0.2) is 0 Å². The van der Waals surface area contributed by atoms with E-state index in [9.17, 15) is 5.02 Å².